The number of phenols is 1. The molecule has 3 N–H and O–H groups in total. The number of carbonyl (C=O) groups is 1. The lowest BCUT2D eigenvalue weighted by Gasteiger charge is -2.12. The second kappa shape index (κ2) is 4.11. The standard InChI is InChI=1S/C9H12N2O4S/c1-11(2)9(13)7-5-6(16(10,14)15)3-4-8(7)12/h3-5,12H,1-2H3,(H2,10,14,15). The quantitative estimate of drug-likeness (QED) is 0.748. The first kappa shape index (κ1) is 12.5. The van der Waals surface area contributed by atoms with Gasteiger partial charge in [-0.2, -0.15) is 0 Å². The molecule has 0 heterocycles. The highest BCUT2D eigenvalue weighted by molar-refractivity contribution is 7.89. The first-order valence-electron chi connectivity index (χ1n) is 4.31. The first-order valence-corrected chi connectivity index (χ1v) is 5.85. The van der Waals surface area contributed by atoms with E-state index in [0.717, 1.165) is 18.2 Å². The summed E-state index contributed by atoms with van der Waals surface area (Å²) in [5, 5.41) is 14.4. The van der Waals surface area contributed by atoms with Gasteiger partial charge >= 0.3 is 0 Å². The Hall–Kier alpha value is -1.60. The molecule has 1 rings (SSSR count). The molecule has 7 heteroatoms. The molecule has 0 atom stereocenters. The number of primary sulfonamides is 1. The summed E-state index contributed by atoms with van der Waals surface area (Å²) in [6.07, 6.45) is 0. The Morgan fingerprint density at radius 2 is 1.94 bits per heavy atom. The van der Waals surface area contributed by atoms with Gasteiger partial charge in [-0.25, -0.2) is 13.6 Å². The molecule has 0 saturated heterocycles. The summed E-state index contributed by atoms with van der Waals surface area (Å²) < 4.78 is 22.1. The zero-order chi connectivity index (χ0) is 12.5. The third kappa shape index (κ3) is 2.50. The number of rotatable bonds is 2. The molecule has 1 aromatic carbocycles. The fraction of sp³-hybridized carbons (Fsp3) is 0.222. The van der Waals surface area contributed by atoms with Gasteiger partial charge in [-0.05, 0) is 18.2 Å². The molecule has 0 radical (unpaired) electrons. The highest BCUT2D eigenvalue weighted by atomic mass is 32.2. The van der Waals surface area contributed by atoms with Crippen molar-refractivity contribution in [3.63, 3.8) is 0 Å². The van der Waals surface area contributed by atoms with Crippen molar-refractivity contribution in [3.8, 4) is 5.75 Å². The van der Waals surface area contributed by atoms with E-state index in [0.29, 0.717) is 0 Å². The van der Waals surface area contributed by atoms with Crippen LogP contribution in [0.2, 0.25) is 0 Å². The third-order valence-corrected chi connectivity index (χ3v) is 2.84. The fourth-order valence-corrected chi connectivity index (χ4v) is 1.64. The Kier molecular flexibility index (Phi) is 3.20. The van der Waals surface area contributed by atoms with Crippen LogP contribution in [0.1, 0.15) is 10.4 Å². The lowest BCUT2D eigenvalue weighted by Crippen LogP contribution is -2.22. The summed E-state index contributed by atoms with van der Waals surface area (Å²) in [5.41, 5.74) is -0.100. The average Bonchev–Trinajstić information content (AvgIpc) is 2.15. The van der Waals surface area contributed by atoms with Gasteiger partial charge in [0.05, 0.1) is 10.5 Å². The molecule has 0 unspecified atom stereocenters. The summed E-state index contributed by atoms with van der Waals surface area (Å²) in [6.45, 7) is 0. The lowest BCUT2D eigenvalue weighted by molar-refractivity contribution is 0.0824. The topological polar surface area (TPSA) is 101 Å². The van der Waals surface area contributed by atoms with E-state index in [1.807, 2.05) is 0 Å². The van der Waals surface area contributed by atoms with Crippen molar-refractivity contribution in [1.82, 2.24) is 4.90 Å². The minimum atomic E-state index is -3.88. The maximum absolute atomic E-state index is 11.6. The van der Waals surface area contributed by atoms with Crippen LogP contribution >= 0.6 is 0 Å². The van der Waals surface area contributed by atoms with Crippen LogP contribution in [0.15, 0.2) is 23.1 Å². The van der Waals surface area contributed by atoms with Crippen molar-refractivity contribution in [1.29, 1.82) is 0 Å². The van der Waals surface area contributed by atoms with Crippen molar-refractivity contribution < 1.29 is 18.3 Å². The normalized spacial score (nSPS) is 11.2. The van der Waals surface area contributed by atoms with Crippen LogP contribution in [0.5, 0.6) is 5.75 Å². The van der Waals surface area contributed by atoms with Gasteiger partial charge in [0.2, 0.25) is 10.0 Å². The van der Waals surface area contributed by atoms with Crippen LogP contribution in [0.25, 0.3) is 0 Å². The second-order valence-electron chi connectivity index (χ2n) is 3.42. The van der Waals surface area contributed by atoms with Gasteiger partial charge in [-0.15, -0.1) is 0 Å². The summed E-state index contributed by atoms with van der Waals surface area (Å²) >= 11 is 0. The maximum atomic E-state index is 11.6. The zero-order valence-corrected chi connectivity index (χ0v) is 9.65. The molecule has 0 aliphatic carbocycles. The molecule has 1 amide bonds. The molecular weight excluding hydrogens is 232 g/mol. The highest BCUT2D eigenvalue weighted by Gasteiger charge is 2.17. The van der Waals surface area contributed by atoms with E-state index in [-0.39, 0.29) is 16.2 Å². The number of nitrogens with two attached hydrogens (primary N) is 1. The Balaban J connectivity index is 3.36. The SMILES string of the molecule is CN(C)C(=O)c1cc(S(N)(=O)=O)ccc1O. The van der Waals surface area contributed by atoms with Crippen LogP contribution in [0.4, 0.5) is 0 Å². The van der Waals surface area contributed by atoms with Crippen LogP contribution in [0, 0.1) is 0 Å². The predicted molar refractivity (Wildman–Crippen MR) is 57.5 cm³/mol. The number of carbonyl (C=O) groups excluding carboxylic acids is 1. The van der Waals surface area contributed by atoms with Gasteiger partial charge in [0.1, 0.15) is 5.75 Å². The molecule has 0 aromatic heterocycles. The fourth-order valence-electron chi connectivity index (χ4n) is 1.10. The monoisotopic (exact) mass is 244 g/mol. The molecule has 16 heavy (non-hydrogen) atoms. The van der Waals surface area contributed by atoms with E-state index < -0.39 is 15.9 Å². The Labute approximate surface area is 93.3 Å². The third-order valence-electron chi connectivity index (χ3n) is 1.93. The molecule has 6 nitrogen and oxygen atoms in total. The molecule has 88 valence electrons. The number of hydrogen-bond donors (Lipinski definition) is 2. The van der Waals surface area contributed by atoms with Crippen molar-refractivity contribution in [2.24, 2.45) is 5.14 Å². The predicted octanol–water partition coefficient (Wildman–Crippen LogP) is -0.259. The molecule has 0 saturated carbocycles. The van der Waals surface area contributed by atoms with E-state index in [4.69, 9.17) is 5.14 Å². The molecular formula is C9H12N2O4S. The van der Waals surface area contributed by atoms with Crippen LogP contribution < -0.4 is 5.14 Å². The molecule has 0 bridgehead atoms. The summed E-state index contributed by atoms with van der Waals surface area (Å²) in [4.78, 5) is 12.6. The first-order chi connectivity index (χ1) is 7.23. The molecule has 0 spiro atoms. The van der Waals surface area contributed by atoms with Crippen molar-refractivity contribution in [3.05, 3.63) is 23.8 Å². The summed E-state index contributed by atoms with van der Waals surface area (Å²) in [6, 6.07) is 3.31. The van der Waals surface area contributed by atoms with Gasteiger partial charge < -0.3 is 10.0 Å². The number of sulfonamides is 1. The number of nitrogens with zero attached hydrogens (tertiary/aromatic N) is 1. The Bertz CT molecular complexity index is 522. The average molecular weight is 244 g/mol. The highest BCUT2D eigenvalue weighted by Crippen LogP contribution is 2.21. The number of phenolic OH excluding ortho intramolecular Hbond substituents is 1. The van der Waals surface area contributed by atoms with Crippen LogP contribution in [-0.2, 0) is 10.0 Å². The van der Waals surface area contributed by atoms with Gasteiger partial charge in [0.15, 0.2) is 0 Å². The summed E-state index contributed by atoms with van der Waals surface area (Å²) in [5.74, 6) is -0.783. The zero-order valence-electron chi connectivity index (χ0n) is 8.84. The van der Waals surface area contributed by atoms with E-state index in [1.54, 1.807) is 0 Å². The van der Waals surface area contributed by atoms with E-state index in [9.17, 15) is 18.3 Å². The van der Waals surface area contributed by atoms with Crippen LogP contribution in [-0.4, -0.2) is 38.4 Å². The van der Waals surface area contributed by atoms with E-state index in [2.05, 4.69) is 0 Å². The summed E-state index contributed by atoms with van der Waals surface area (Å²) in [7, 11) is -0.900. The lowest BCUT2D eigenvalue weighted by atomic mass is 10.2. The van der Waals surface area contributed by atoms with Gasteiger partial charge in [0, 0.05) is 14.1 Å². The van der Waals surface area contributed by atoms with Crippen LogP contribution in [0.3, 0.4) is 0 Å². The van der Waals surface area contributed by atoms with Crippen molar-refractivity contribution in [2.45, 2.75) is 4.90 Å². The number of benzene rings is 1. The molecule has 1 aromatic rings. The van der Waals surface area contributed by atoms with Gasteiger partial charge in [0.25, 0.3) is 5.91 Å². The number of aromatic hydroxyl groups is 1. The van der Waals surface area contributed by atoms with Gasteiger partial charge in [-0.3, -0.25) is 4.79 Å². The molecule has 0 aliphatic heterocycles. The smallest absolute Gasteiger partial charge is 0.257 e. The minimum absolute atomic E-state index is 0.100. The molecule has 0 fully saturated rings. The largest absolute Gasteiger partial charge is 0.507 e. The Morgan fingerprint density at radius 3 is 2.38 bits per heavy atom. The van der Waals surface area contributed by atoms with Crippen molar-refractivity contribution in [2.75, 3.05) is 14.1 Å². The number of amides is 1. The van der Waals surface area contributed by atoms with E-state index in [1.165, 1.54) is 19.0 Å². The Morgan fingerprint density at radius 1 is 1.38 bits per heavy atom. The van der Waals surface area contributed by atoms with Crippen molar-refractivity contribution >= 4 is 15.9 Å². The molecule has 0 aliphatic rings. The minimum Gasteiger partial charge on any atom is -0.507 e. The number of hydrogen-bond acceptors (Lipinski definition) is 4. The van der Waals surface area contributed by atoms with E-state index >= 15 is 0 Å². The second-order valence-corrected chi connectivity index (χ2v) is 4.98. The maximum Gasteiger partial charge on any atom is 0.257 e. The van der Waals surface area contributed by atoms with Gasteiger partial charge in [-0.1, -0.05) is 0 Å².